The van der Waals surface area contributed by atoms with Gasteiger partial charge in [0, 0.05) is 12.1 Å². The standard InChI is InChI=1S/C15H18N2O4/c1-2-9-15(19)10-16(11-15)14(18)8-7-12-5-3-4-6-13(12)17(20)21/h3-8,19H,2,9-11H2,1H3. The highest BCUT2D eigenvalue weighted by Crippen LogP contribution is 2.26. The van der Waals surface area contributed by atoms with Crippen molar-refractivity contribution in [3.05, 3.63) is 46.0 Å². The van der Waals surface area contributed by atoms with E-state index in [4.69, 9.17) is 0 Å². The molecule has 1 aromatic carbocycles. The van der Waals surface area contributed by atoms with Gasteiger partial charge in [-0.2, -0.15) is 0 Å². The highest BCUT2D eigenvalue weighted by molar-refractivity contribution is 5.93. The highest BCUT2D eigenvalue weighted by atomic mass is 16.6. The lowest BCUT2D eigenvalue weighted by atomic mass is 9.89. The van der Waals surface area contributed by atoms with Gasteiger partial charge in [-0.15, -0.1) is 0 Å². The van der Waals surface area contributed by atoms with Crippen LogP contribution in [-0.4, -0.2) is 39.5 Å². The van der Waals surface area contributed by atoms with E-state index in [1.54, 1.807) is 18.2 Å². The number of carbonyl (C=O) groups is 1. The van der Waals surface area contributed by atoms with E-state index in [2.05, 4.69) is 0 Å². The van der Waals surface area contributed by atoms with E-state index in [1.165, 1.54) is 23.1 Å². The normalized spacial score (nSPS) is 16.8. The molecule has 0 aliphatic carbocycles. The molecule has 1 aromatic rings. The lowest BCUT2D eigenvalue weighted by Gasteiger charge is -2.46. The summed E-state index contributed by atoms with van der Waals surface area (Å²) in [6.45, 7) is 2.62. The minimum absolute atomic E-state index is 0.0346. The van der Waals surface area contributed by atoms with E-state index >= 15 is 0 Å². The number of nitro benzene ring substituents is 1. The van der Waals surface area contributed by atoms with Crippen molar-refractivity contribution in [3.63, 3.8) is 0 Å². The van der Waals surface area contributed by atoms with Gasteiger partial charge < -0.3 is 10.0 Å². The molecule has 0 bridgehead atoms. The van der Waals surface area contributed by atoms with E-state index in [0.29, 0.717) is 25.1 Å². The van der Waals surface area contributed by atoms with Crippen LogP contribution in [0.5, 0.6) is 0 Å². The Morgan fingerprint density at radius 3 is 2.76 bits per heavy atom. The summed E-state index contributed by atoms with van der Waals surface area (Å²) in [4.78, 5) is 23.8. The molecule has 0 spiro atoms. The molecule has 0 atom stereocenters. The van der Waals surface area contributed by atoms with Crippen molar-refractivity contribution < 1.29 is 14.8 Å². The molecule has 1 heterocycles. The molecule has 6 nitrogen and oxygen atoms in total. The third kappa shape index (κ3) is 3.46. The Kier molecular flexibility index (Phi) is 4.37. The number of rotatable bonds is 5. The van der Waals surface area contributed by atoms with Gasteiger partial charge in [0.05, 0.1) is 29.2 Å². The van der Waals surface area contributed by atoms with Crippen LogP contribution < -0.4 is 0 Å². The first-order chi connectivity index (χ1) is 9.95. The molecule has 1 N–H and O–H groups in total. The molecule has 0 saturated carbocycles. The number of aliphatic hydroxyl groups is 1. The van der Waals surface area contributed by atoms with Crippen molar-refractivity contribution in [2.75, 3.05) is 13.1 Å². The summed E-state index contributed by atoms with van der Waals surface area (Å²) in [7, 11) is 0. The second-order valence-corrected chi connectivity index (χ2v) is 5.32. The molecule has 0 aromatic heterocycles. The number of hydrogen-bond donors (Lipinski definition) is 1. The average Bonchev–Trinajstić information content (AvgIpc) is 2.42. The van der Waals surface area contributed by atoms with Crippen molar-refractivity contribution in [1.82, 2.24) is 4.90 Å². The van der Waals surface area contributed by atoms with Gasteiger partial charge >= 0.3 is 0 Å². The molecular weight excluding hydrogens is 272 g/mol. The third-order valence-corrected chi connectivity index (χ3v) is 3.54. The van der Waals surface area contributed by atoms with Crippen molar-refractivity contribution in [2.45, 2.75) is 25.4 Å². The fourth-order valence-corrected chi connectivity index (χ4v) is 2.50. The number of nitrogens with zero attached hydrogens (tertiary/aromatic N) is 2. The van der Waals surface area contributed by atoms with Gasteiger partial charge in [0.2, 0.25) is 5.91 Å². The van der Waals surface area contributed by atoms with Crippen LogP contribution in [-0.2, 0) is 4.79 Å². The Morgan fingerprint density at radius 1 is 1.48 bits per heavy atom. The first-order valence-electron chi connectivity index (χ1n) is 6.88. The summed E-state index contributed by atoms with van der Waals surface area (Å²) in [5, 5.41) is 20.9. The van der Waals surface area contributed by atoms with E-state index in [1.807, 2.05) is 6.92 Å². The molecule has 1 amide bonds. The van der Waals surface area contributed by atoms with E-state index in [-0.39, 0.29) is 11.6 Å². The van der Waals surface area contributed by atoms with Crippen LogP contribution in [0.15, 0.2) is 30.3 Å². The lowest BCUT2D eigenvalue weighted by Crippen LogP contribution is -2.63. The molecule has 2 rings (SSSR count). The SMILES string of the molecule is CCCC1(O)CN(C(=O)C=Cc2ccccc2[N+](=O)[O-])C1. The molecule has 6 heteroatoms. The largest absolute Gasteiger partial charge is 0.386 e. The van der Waals surface area contributed by atoms with Crippen molar-refractivity contribution in [1.29, 1.82) is 0 Å². The predicted molar refractivity (Wildman–Crippen MR) is 78.6 cm³/mol. The smallest absolute Gasteiger partial charge is 0.276 e. The summed E-state index contributed by atoms with van der Waals surface area (Å²) in [6, 6.07) is 6.25. The van der Waals surface area contributed by atoms with Gasteiger partial charge in [-0.1, -0.05) is 25.5 Å². The monoisotopic (exact) mass is 290 g/mol. The Bertz CT molecular complexity index is 577. The van der Waals surface area contributed by atoms with E-state index in [9.17, 15) is 20.0 Å². The minimum Gasteiger partial charge on any atom is -0.386 e. The first-order valence-corrected chi connectivity index (χ1v) is 6.88. The average molecular weight is 290 g/mol. The first kappa shape index (κ1) is 15.2. The van der Waals surface area contributed by atoms with Crippen LogP contribution in [0.1, 0.15) is 25.3 Å². The van der Waals surface area contributed by atoms with E-state index in [0.717, 1.165) is 6.42 Å². The number of amides is 1. The Labute approximate surface area is 122 Å². The van der Waals surface area contributed by atoms with Crippen LogP contribution in [0.2, 0.25) is 0 Å². The van der Waals surface area contributed by atoms with Gasteiger partial charge in [-0.3, -0.25) is 14.9 Å². The topological polar surface area (TPSA) is 83.7 Å². The second kappa shape index (κ2) is 6.05. The summed E-state index contributed by atoms with van der Waals surface area (Å²) in [5.74, 6) is -0.242. The zero-order valence-electron chi connectivity index (χ0n) is 11.9. The van der Waals surface area contributed by atoms with Gasteiger partial charge in [0.15, 0.2) is 0 Å². The maximum Gasteiger partial charge on any atom is 0.276 e. The van der Waals surface area contributed by atoms with Gasteiger partial charge in [0.1, 0.15) is 0 Å². The zero-order chi connectivity index (χ0) is 15.5. The van der Waals surface area contributed by atoms with Crippen molar-refractivity contribution in [3.8, 4) is 0 Å². The number of likely N-dealkylation sites (tertiary alicyclic amines) is 1. The third-order valence-electron chi connectivity index (χ3n) is 3.54. The molecule has 21 heavy (non-hydrogen) atoms. The van der Waals surface area contributed by atoms with Crippen LogP contribution >= 0.6 is 0 Å². The minimum atomic E-state index is -0.767. The van der Waals surface area contributed by atoms with Gasteiger partial charge in [-0.05, 0) is 18.6 Å². The maximum atomic E-state index is 11.9. The van der Waals surface area contributed by atoms with Crippen molar-refractivity contribution in [2.24, 2.45) is 0 Å². The van der Waals surface area contributed by atoms with Crippen molar-refractivity contribution >= 4 is 17.7 Å². The number of para-hydroxylation sites is 1. The summed E-state index contributed by atoms with van der Waals surface area (Å²) < 4.78 is 0. The lowest BCUT2D eigenvalue weighted by molar-refractivity contribution is -0.385. The molecule has 1 saturated heterocycles. The van der Waals surface area contributed by atoms with Gasteiger partial charge in [-0.25, -0.2) is 0 Å². The number of β-amino-alcohol motifs (C(OH)–C–C–N with tert-alkyl or cyclic N) is 1. The number of hydrogen-bond acceptors (Lipinski definition) is 4. The molecule has 112 valence electrons. The fraction of sp³-hybridized carbons (Fsp3) is 0.400. The fourth-order valence-electron chi connectivity index (χ4n) is 2.50. The van der Waals surface area contributed by atoms with Crippen LogP contribution in [0.3, 0.4) is 0 Å². The quantitative estimate of drug-likeness (QED) is 0.510. The predicted octanol–water partition coefficient (Wildman–Crippen LogP) is 1.98. The zero-order valence-corrected chi connectivity index (χ0v) is 11.9. The molecular formula is C15H18N2O4. The molecule has 1 aliphatic rings. The summed E-state index contributed by atoms with van der Waals surface area (Å²) in [5.41, 5.74) is -0.412. The maximum absolute atomic E-state index is 11.9. The Hall–Kier alpha value is -2.21. The van der Waals surface area contributed by atoms with Gasteiger partial charge in [0.25, 0.3) is 5.69 Å². The Morgan fingerprint density at radius 2 is 2.14 bits per heavy atom. The van der Waals surface area contributed by atoms with Crippen LogP contribution in [0, 0.1) is 10.1 Å². The molecule has 0 radical (unpaired) electrons. The number of nitro groups is 1. The Balaban J connectivity index is 2.00. The summed E-state index contributed by atoms with van der Waals surface area (Å²) >= 11 is 0. The van der Waals surface area contributed by atoms with Crippen LogP contribution in [0.4, 0.5) is 5.69 Å². The number of carbonyl (C=O) groups excluding carboxylic acids is 1. The molecule has 0 unspecified atom stereocenters. The number of benzene rings is 1. The molecule has 1 fully saturated rings. The second-order valence-electron chi connectivity index (χ2n) is 5.32. The highest BCUT2D eigenvalue weighted by Gasteiger charge is 2.41. The summed E-state index contributed by atoms with van der Waals surface area (Å²) in [6.07, 6.45) is 4.29. The molecule has 1 aliphatic heterocycles. The van der Waals surface area contributed by atoms with Crippen LogP contribution in [0.25, 0.3) is 6.08 Å². The van der Waals surface area contributed by atoms with E-state index < -0.39 is 10.5 Å².